The van der Waals surface area contributed by atoms with E-state index in [0.717, 1.165) is 46.5 Å². The Morgan fingerprint density at radius 2 is 2.38 bits per heavy atom. The topological polar surface area (TPSA) is 92.7 Å². The lowest BCUT2D eigenvalue weighted by Crippen LogP contribution is -2.26. The fraction of sp³-hybridized carbons (Fsp3) is 0.467. The van der Waals surface area contributed by atoms with Gasteiger partial charge in [-0.15, -0.1) is 0 Å². The van der Waals surface area contributed by atoms with Gasteiger partial charge in [0.15, 0.2) is 0 Å². The zero-order valence-corrected chi connectivity index (χ0v) is 15.0. The van der Waals surface area contributed by atoms with Gasteiger partial charge in [0, 0.05) is 23.4 Å². The molecular weight excluding hydrogens is 346 g/mol. The number of hydrogen-bond donors (Lipinski definition) is 2. The van der Waals surface area contributed by atoms with Crippen LogP contribution in [0.3, 0.4) is 0 Å². The molecule has 1 atom stereocenters. The third-order valence-electron chi connectivity index (χ3n) is 4.30. The van der Waals surface area contributed by atoms with Crippen LogP contribution in [0, 0.1) is 0 Å². The number of rotatable bonds is 4. The van der Waals surface area contributed by atoms with Crippen molar-refractivity contribution in [3.05, 3.63) is 24.3 Å². The summed E-state index contributed by atoms with van der Waals surface area (Å²) in [6.07, 6.45) is 7.04. The predicted molar refractivity (Wildman–Crippen MR) is 96.7 cm³/mol. The Hall–Kier alpha value is -1.58. The van der Waals surface area contributed by atoms with E-state index in [1.807, 2.05) is 24.0 Å². The van der Waals surface area contributed by atoms with E-state index < -0.39 is 10.0 Å². The smallest absolute Gasteiger partial charge is 0.209 e. The molecule has 128 valence electrons. The fourth-order valence-corrected chi connectivity index (χ4v) is 4.80. The van der Waals surface area contributed by atoms with E-state index in [1.165, 1.54) is 12.0 Å². The Labute approximate surface area is 144 Å². The molecule has 0 unspecified atom stereocenters. The summed E-state index contributed by atoms with van der Waals surface area (Å²) in [5, 5.41) is 1.03. The van der Waals surface area contributed by atoms with Gasteiger partial charge in [-0.2, -0.15) is 11.8 Å². The third-order valence-corrected chi connectivity index (χ3v) is 6.17. The van der Waals surface area contributed by atoms with E-state index in [0.29, 0.717) is 6.04 Å². The maximum Gasteiger partial charge on any atom is 0.209 e. The molecule has 0 aromatic carbocycles. The van der Waals surface area contributed by atoms with Crippen molar-refractivity contribution in [1.82, 2.24) is 24.2 Å². The van der Waals surface area contributed by atoms with Crippen LogP contribution in [0.15, 0.2) is 18.5 Å². The van der Waals surface area contributed by atoms with Crippen molar-refractivity contribution in [2.45, 2.75) is 25.4 Å². The molecule has 3 aromatic rings. The van der Waals surface area contributed by atoms with Crippen molar-refractivity contribution in [3.63, 3.8) is 0 Å². The third kappa shape index (κ3) is 2.91. The summed E-state index contributed by atoms with van der Waals surface area (Å²) in [4.78, 5) is 12.2. The monoisotopic (exact) mass is 365 g/mol. The molecule has 1 saturated heterocycles. The summed E-state index contributed by atoms with van der Waals surface area (Å²) in [6.45, 7) is 0.195. The number of pyridine rings is 1. The zero-order valence-electron chi connectivity index (χ0n) is 13.3. The van der Waals surface area contributed by atoms with Crippen LogP contribution in [0.4, 0.5) is 0 Å². The molecule has 0 spiro atoms. The van der Waals surface area contributed by atoms with Crippen LogP contribution in [0.5, 0.6) is 0 Å². The number of nitrogens with zero attached hydrogens (tertiary/aromatic N) is 3. The summed E-state index contributed by atoms with van der Waals surface area (Å²) in [5.74, 6) is 2.95. The van der Waals surface area contributed by atoms with Gasteiger partial charge in [0.05, 0.1) is 24.5 Å². The summed E-state index contributed by atoms with van der Waals surface area (Å²) in [7, 11) is -3.27. The van der Waals surface area contributed by atoms with Crippen LogP contribution >= 0.6 is 11.8 Å². The molecule has 1 aliphatic heterocycles. The van der Waals surface area contributed by atoms with Crippen LogP contribution in [-0.4, -0.2) is 45.7 Å². The van der Waals surface area contributed by atoms with Crippen molar-refractivity contribution in [2.24, 2.45) is 0 Å². The van der Waals surface area contributed by atoms with Gasteiger partial charge in [-0.1, -0.05) is 0 Å². The summed E-state index contributed by atoms with van der Waals surface area (Å²) in [5.41, 5.74) is 2.68. The first-order valence-electron chi connectivity index (χ1n) is 7.88. The number of H-pyrrole nitrogens is 1. The van der Waals surface area contributed by atoms with E-state index in [1.54, 1.807) is 6.20 Å². The molecule has 0 bridgehead atoms. The Kier molecular flexibility index (Phi) is 4.01. The van der Waals surface area contributed by atoms with E-state index in [9.17, 15) is 8.42 Å². The van der Waals surface area contributed by atoms with E-state index in [-0.39, 0.29) is 6.54 Å². The number of thioether (sulfide) groups is 1. The van der Waals surface area contributed by atoms with Crippen molar-refractivity contribution in [2.75, 3.05) is 17.8 Å². The number of sulfonamides is 1. The van der Waals surface area contributed by atoms with Crippen LogP contribution in [0.25, 0.3) is 22.1 Å². The lowest BCUT2D eigenvalue weighted by Gasteiger charge is -2.25. The molecule has 4 rings (SSSR count). The first-order valence-corrected chi connectivity index (χ1v) is 10.9. The number of aromatic amines is 1. The van der Waals surface area contributed by atoms with Gasteiger partial charge in [-0.3, -0.25) is 0 Å². The molecule has 2 N–H and O–H groups in total. The quantitative estimate of drug-likeness (QED) is 0.738. The lowest BCUT2D eigenvalue weighted by atomic mass is 10.1. The normalized spacial score (nSPS) is 19.3. The Balaban J connectivity index is 1.89. The minimum Gasteiger partial charge on any atom is -0.346 e. The van der Waals surface area contributed by atoms with Gasteiger partial charge < -0.3 is 9.55 Å². The Bertz CT molecular complexity index is 986. The number of aromatic nitrogens is 4. The maximum absolute atomic E-state index is 11.5. The van der Waals surface area contributed by atoms with Gasteiger partial charge in [-0.05, 0) is 24.7 Å². The highest BCUT2D eigenvalue weighted by Crippen LogP contribution is 2.33. The number of imidazole rings is 1. The van der Waals surface area contributed by atoms with Crippen molar-refractivity contribution < 1.29 is 8.42 Å². The summed E-state index contributed by atoms with van der Waals surface area (Å²) >= 11 is 1.94. The van der Waals surface area contributed by atoms with Crippen LogP contribution < -0.4 is 4.72 Å². The van der Waals surface area contributed by atoms with Crippen LogP contribution in [0.2, 0.25) is 0 Å². The van der Waals surface area contributed by atoms with Gasteiger partial charge in [0.25, 0.3) is 0 Å². The first kappa shape index (κ1) is 15.9. The van der Waals surface area contributed by atoms with Crippen LogP contribution in [0.1, 0.15) is 24.7 Å². The van der Waals surface area contributed by atoms with Crippen molar-refractivity contribution >= 4 is 43.9 Å². The molecule has 3 aromatic heterocycles. The van der Waals surface area contributed by atoms with Crippen LogP contribution in [-0.2, 0) is 16.6 Å². The Morgan fingerprint density at radius 3 is 3.12 bits per heavy atom. The second-order valence-electron chi connectivity index (χ2n) is 6.09. The highest BCUT2D eigenvalue weighted by atomic mass is 32.2. The number of nitrogens with one attached hydrogen (secondary N) is 2. The van der Waals surface area contributed by atoms with Gasteiger partial charge >= 0.3 is 0 Å². The summed E-state index contributed by atoms with van der Waals surface area (Å²) in [6, 6.07) is 2.33. The molecule has 0 radical (unpaired) electrons. The van der Waals surface area contributed by atoms with Gasteiger partial charge in [0.1, 0.15) is 17.0 Å². The van der Waals surface area contributed by atoms with Crippen molar-refractivity contribution in [3.8, 4) is 0 Å². The van der Waals surface area contributed by atoms with E-state index in [2.05, 4.69) is 24.2 Å². The second kappa shape index (κ2) is 6.05. The predicted octanol–water partition coefficient (Wildman–Crippen LogP) is 2.03. The highest BCUT2D eigenvalue weighted by Gasteiger charge is 2.23. The molecule has 4 heterocycles. The molecule has 0 aliphatic carbocycles. The number of fused-ring (bicyclic) bond motifs is 3. The molecule has 9 heteroatoms. The highest BCUT2D eigenvalue weighted by molar-refractivity contribution is 7.99. The van der Waals surface area contributed by atoms with Crippen molar-refractivity contribution in [1.29, 1.82) is 0 Å². The molecule has 24 heavy (non-hydrogen) atoms. The van der Waals surface area contributed by atoms with E-state index >= 15 is 0 Å². The van der Waals surface area contributed by atoms with E-state index in [4.69, 9.17) is 0 Å². The molecular formula is C15H19N5O2S2. The first-order chi connectivity index (χ1) is 11.5. The van der Waals surface area contributed by atoms with Gasteiger partial charge in [0.2, 0.25) is 10.0 Å². The number of hydrogen-bond acceptors (Lipinski definition) is 5. The SMILES string of the molecule is CS(=O)(=O)NCc1nc2cnc3[nH]ccc3c2n1[C@H]1CCCSC1. The lowest BCUT2D eigenvalue weighted by molar-refractivity contribution is 0.490. The molecule has 7 nitrogen and oxygen atoms in total. The standard InChI is InChI=1S/C15H19N5O2S2/c1-24(21,22)18-8-13-19-12-7-17-15-11(4-5-16-15)14(12)20(13)10-3-2-6-23-9-10/h4-5,7,10,18H,2-3,6,8-9H2,1H3,(H,16,17)/t10-/m0/s1. The fourth-order valence-electron chi connectivity index (χ4n) is 3.28. The Morgan fingerprint density at radius 1 is 1.50 bits per heavy atom. The minimum atomic E-state index is -3.27. The average Bonchev–Trinajstić information content (AvgIpc) is 3.16. The maximum atomic E-state index is 11.5. The van der Waals surface area contributed by atoms with Gasteiger partial charge in [-0.25, -0.2) is 23.1 Å². The minimum absolute atomic E-state index is 0.195. The summed E-state index contributed by atoms with van der Waals surface area (Å²) < 4.78 is 27.8. The molecule has 0 amide bonds. The average molecular weight is 365 g/mol. The largest absolute Gasteiger partial charge is 0.346 e. The zero-order chi connectivity index (χ0) is 16.7. The molecule has 1 aliphatic rings. The molecule has 0 saturated carbocycles. The second-order valence-corrected chi connectivity index (χ2v) is 9.08. The molecule has 1 fully saturated rings.